The van der Waals surface area contributed by atoms with Crippen LogP contribution in [0.4, 0.5) is 23.1 Å². The number of sulfone groups is 1. The molecule has 8 nitrogen and oxygen atoms in total. The third-order valence-electron chi connectivity index (χ3n) is 4.83. The van der Waals surface area contributed by atoms with Crippen LogP contribution in [0, 0.1) is 0 Å². The zero-order valence-corrected chi connectivity index (χ0v) is 18.9. The third kappa shape index (κ3) is 5.64. The summed E-state index contributed by atoms with van der Waals surface area (Å²) in [7, 11) is -1.77. The number of nitrogens with zero attached hydrogens (tertiary/aromatic N) is 2. The van der Waals surface area contributed by atoms with Gasteiger partial charge in [-0.05, 0) is 52.7 Å². The second-order valence-electron chi connectivity index (χ2n) is 7.52. The molecule has 3 aromatic carbocycles. The number of methoxy groups -OCH3 is 1. The standard InChI is InChI=1S/C24H22N4O4S/c1-32-23(29)21-8-4-6-17-14-19(9-10-20(17)21)26-22-11-12-25-24(28-22)27-18-7-3-5-16(13-18)15-33(2,30)31/h3-14H,15H2,1-2H3,(H2,25,26,27,28). The molecule has 0 aliphatic heterocycles. The lowest BCUT2D eigenvalue weighted by atomic mass is 10.0. The monoisotopic (exact) mass is 462 g/mol. The second kappa shape index (κ2) is 9.25. The molecule has 0 atom stereocenters. The SMILES string of the molecule is COC(=O)c1cccc2cc(Nc3ccnc(Nc4cccc(CS(C)(=O)=O)c4)n3)ccc12. The molecule has 33 heavy (non-hydrogen) atoms. The Hall–Kier alpha value is -3.98. The molecular weight excluding hydrogens is 440 g/mol. The number of esters is 1. The minimum Gasteiger partial charge on any atom is -0.465 e. The minimum absolute atomic E-state index is 0.0371. The lowest BCUT2D eigenvalue weighted by Gasteiger charge is -2.11. The van der Waals surface area contributed by atoms with E-state index in [0.29, 0.717) is 28.6 Å². The first-order valence-corrected chi connectivity index (χ1v) is 12.1. The first kappa shape index (κ1) is 22.2. The number of hydrogen-bond acceptors (Lipinski definition) is 8. The highest BCUT2D eigenvalue weighted by molar-refractivity contribution is 7.89. The van der Waals surface area contributed by atoms with Crippen LogP contribution in [0.3, 0.4) is 0 Å². The van der Waals surface area contributed by atoms with E-state index < -0.39 is 9.84 Å². The van der Waals surface area contributed by atoms with E-state index in [4.69, 9.17) is 4.74 Å². The Morgan fingerprint density at radius 3 is 2.55 bits per heavy atom. The highest BCUT2D eigenvalue weighted by Crippen LogP contribution is 2.25. The van der Waals surface area contributed by atoms with Gasteiger partial charge in [0, 0.05) is 23.8 Å². The van der Waals surface area contributed by atoms with Gasteiger partial charge in [0.2, 0.25) is 5.95 Å². The van der Waals surface area contributed by atoms with Crippen molar-refractivity contribution in [2.45, 2.75) is 5.75 Å². The van der Waals surface area contributed by atoms with Crippen LogP contribution < -0.4 is 10.6 Å². The van der Waals surface area contributed by atoms with E-state index >= 15 is 0 Å². The zero-order chi connectivity index (χ0) is 23.4. The summed E-state index contributed by atoms with van der Waals surface area (Å²) in [6, 6.07) is 20.0. The van der Waals surface area contributed by atoms with Gasteiger partial charge in [0.05, 0.1) is 18.4 Å². The highest BCUT2D eigenvalue weighted by atomic mass is 32.2. The van der Waals surface area contributed by atoms with Crippen LogP contribution in [0.2, 0.25) is 0 Å². The highest BCUT2D eigenvalue weighted by Gasteiger charge is 2.11. The molecule has 0 aliphatic rings. The number of hydrogen-bond donors (Lipinski definition) is 2. The van der Waals surface area contributed by atoms with Crippen LogP contribution in [0.15, 0.2) is 72.9 Å². The van der Waals surface area contributed by atoms with E-state index in [-0.39, 0.29) is 11.7 Å². The average molecular weight is 463 g/mol. The zero-order valence-electron chi connectivity index (χ0n) is 18.1. The molecule has 0 radical (unpaired) electrons. The number of ether oxygens (including phenoxy) is 1. The Morgan fingerprint density at radius 2 is 1.76 bits per heavy atom. The molecule has 2 N–H and O–H groups in total. The van der Waals surface area contributed by atoms with Crippen molar-refractivity contribution in [1.29, 1.82) is 0 Å². The smallest absolute Gasteiger partial charge is 0.338 e. The number of anilines is 4. The van der Waals surface area contributed by atoms with E-state index in [2.05, 4.69) is 20.6 Å². The molecule has 1 heterocycles. The van der Waals surface area contributed by atoms with Gasteiger partial charge in [-0.1, -0.05) is 30.3 Å². The van der Waals surface area contributed by atoms with Crippen molar-refractivity contribution >= 4 is 49.7 Å². The van der Waals surface area contributed by atoms with Crippen LogP contribution in [0.25, 0.3) is 10.8 Å². The average Bonchev–Trinajstić information content (AvgIpc) is 2.77. The molecule has 4 rings (SSSR count). The number of carbonyl (C=O) groups is 1. The molecule has 0 fully saturated rings. The number of benzene rings is 3. The van der Waals surface area contributed by atoms with Crippen molar-refractivity contribution < 1.29 is 17.9 Å². The summed E-state index contributed by atoms with van der Waals surface area (Å²) in [6.07, 6.45) is 2.82. The Morgan fingerprint density at radius 1 is 0.970 bits per heavy atom. The maximum Gasteiger partial charge on any atom is 0.338 e. The molecule has 1 aromatic heterocycles. The summed E-state index contributed by atoms with van der Waals surface area (Å²) < 4.78 is 28.0. The summed E-state index contributed by atoms with van der Waals surface area (Å²) >= 11 is 0. The van der Waals surface area contributed by atoms with Crippen LogP contribution in [0.5, 0.6) is 0 Å². The lowest BCUT2D eigenvalue weighted by molar-refractivity contribution is 0.0603. The summed E-state index contributed by atoms with van der Waals surface area (Å²) in [6.45, 7) is 0. The van der Waals surface area contributed by atoms with Crippen molar-refractivity contribution in [3.63, 3.8) is 0 Å². The number of carbonyl (C=O) groups excluding carboxylic acids is 1. The van der Waals surface area contributed by atoms with Crippen molar-refractivity contribution in [3.8, 4) is 0 Å². The van der Waals surface area contributed by atoms with E-state index in [1.165, 1.54) is 13.4 Å². The van der Waals surface area contributed by atoms with Crippen LogP contribution in [0.1, 0.15) is 15.9 Å². The first-order valence-electron chi connectivity index (χ1n) is 10.1. The van der Waals surface area contributed by atoms with Gasteiger partial charge in [-0.3, -0.25) is 0 Å². The number of aromatic nitrogens is 2. The normalized spacial score (nSPS) is 11.2. The van der Waals surface area contributed by atoms with Gasteiger partial charge in [0.1, 0.15) is 5.82 Å². The van der Waals surface area contributed by atoms with Crippen molar-refractivity contribution in [1.82, 2.24) is 9.97 Å². The van der Waals surface area contributed by atoms with Gasteiger partial charge in [0.15, 0.2) is 9.84 Å². The maximum atomic E-state index is 12.0. The number of rotatable bonds is 7. The molecule has 0 unspecified atom stereocenters. The Bertz CT molecular complexity index is 1440. The number of nitrogens with one attached hydrogen (secondary N) is 2. The summed E-state index contributed by atoms with van der Waals surface area (Å²) in [4.78, 5) is 20.7. The molecule has 9 heteroatoms. The van der Waals surface area contributed by atoms with Crippen molar-refractivity contribution in [3.05, 3.63) is 84.1 Å². The predicted molar refractivity (Wildman–Crippen MR) is 129 cm³/mol. The van der Waals surface area contributed by atoms with Crippen LogP contribution >= 0.6 is 0 Å². The molecular formula is C24H22N4O4S. The summed E-state index contributed by atoms with van der Waals surface area (Å²) in [5.74, 6) is 0.520. The van der Waals surface area contributed by atoms with E-state index in [1.54, 1.807) is 36.5 Å². The fraction of sp³-hybridized carbons (Fsp3) is 0.125. The quantitative estimate of drug-likeness (QED) is 0.388. The molecule has 168 valence electrons. The first-order chi connectivity index (χ1) is 15.8. The molecule has 0 spiro atoms. The van der Waals surface area contributed by atoms with E-state index in [0.717, 1.165) is 16.5 Å². The molecule has 0 bridgehead atoms. The second-order valence-corrected chi connectivity index (χ2v) is 9.66. The van der Waals surface area contributed by atoms with Gasteiger partial charge >= 0.3 is 5.97 Å². The maximum absolute atomic E-state index is 12.0. The van der Waals surface area contributed by atoms with Gasteiger partial charge in [-0.2, -0.15) is 4.98 Å². The molecule has 0 saturated heterocycles. The fourth-order valence-corrected chi connectivity index (χ4v) is 4.24. The number of fused-ring (bicyclic) bond motifs is 1. The largest absolute Gasteiger partial charge is 0.465 e. The van der Waals surface area contributed by atoms with Gasteiger partial charge in [-0.25, -0.2) is 18.2 Å². The molecule has 0 saturated carbocycles. The molecule has 0 amide bonds. The van der Waals surface area contributed by atoms with E-state index in [9.17, 15) is 13.2 Å². The van der Waals surface area contributed by atoms with E-state index in [1.807, 2.05) is 36.4 Å². The lowest BCUT2D eigenvalue weighted by Crippen LogP contribution is -2.03. The van der Waals surface area contributed by atoms with Crippen LogP contribution in [-0.2, 0) is 20.3 Å². The summed E-state index contributed by atoms with van der Waals surface area (Å²) in [5, 5.41) is 8.03. The minimum atomic E-state index is -3.13. The third-order valence-corrected chi connectivity index (χ3v) is 5.68. The predicted octanol–water partition coefficient (Wildman–Crippen LogP) is 4.45. The van der Waals surface area contributed by atoms with Crippen molar-refractivity contribution in [2.24, 2.45) is 0 Å². The Balaban J connectivity index is 1.53. The topological polar surface area (TPSA) is 110 Å². The van der Waals surface area contributed by atoms with Gasteiger partial charge in [-0.15, -0.1) is 0 Å². The molecule has 0 aliphatic carbocycles. The molecule has 4 aromatic rings. The fourth-order valence-electron chi connectivity index (χ4n) is 3.46. The Labute approximate surface area is 191 Å². The Kier molecular flexibility index (Phi) is 6.23. The van der Waals surface area contributed by atoms with Crippen molar-refractivity contribution in [2.75, 3.05) is 24.0 Å². The van der Waals surface area contributed by atoms with Crippen LogP contribution in [-0.4, -0.2) is 37.7 Å². The summed E-state index contributed by atoms with van der Waals surface area (Å²) in [5.41, 5.74) is 2.67. The van der Waals surface area contributed by atoms with Gasteiger partial charge < -0.3 is 15.4 Å². The van der Waals surface area contributed by atoms with Gasteiger partial charge in [0.25, 0.3) is 0 Å².